The molecule has 2 aliphatic carbocycles. The maximum Gasteiger partial charge on any atom is 0.0567 e. The van der Waals surface area contributed by atoms with E-state index in [-0.39, 0.29) is 11.3 Å². The Labute approximate surface area is 252 Å². The summed E-state index contributed by atoms with van der Waals surface area (Å²) < 4.78 is 0. The highest BCUT2D eigenvalue weighted by Gasteiger charge is 2.57. The fraction of sp³-hybridized carbons (Fsp3) is 0.0732. The molecule has 2 nitrogen and oxygen atoms in total. The van der Waals surface area contributed by atoms with E-state index in [1.54, 1.807) is 0 Å². The zero-order chi connectivity index (χ0) is 28.4. The molecule has 3 unspecified atom stereocenters. The molecule has 0 bridgehead atoms. The van der Waals surface area contributed by atoms with Crippen LogP contribution >= 0.6 is 0 Å². The first-order valence-corrected chi connectivity index (χ1v) is 15.1. The highest BCUT2D eigenvalue weighted by molar-refractivity contribution is 6.01. The summed E-state index contributed by atoms with van der Waals surface area (Å²) in [7, 11) is 0. The third kappa shape index (κ3) is 3.41. The molecular formula is C41H30N2. The molecule has 0 amide bonds. The lowest BCUT2D eigenvalue weighted by Gasteiger charge is -2.48. The molecule has 204 valence electrons. The fourth-order valence-electron chi connectivity index (χ4n) is 8.05. The summed E-state index contributed by atoms with van der Waals surface area (Å²) in [6, 6.07) is 51.1. The van der Waals surface area contributed by atoms with E-state index in [1.165, 1.54) is 50.1 Å². The summed E-state index contributed by atoms with van der Waals surface area (Å²) in [4.78, 5) is 2.50. The summed E-state index contributed by atoms with van der Waals surface area (Å²) in [5, 5.41) is 6.21. The van der Waals surface area contributed by atoms with Crippen molar-refractivity contribution in [3.8, 4) is 0 Å². The quantitative estimate of drug-likeness (QED) is 0.236. The molecule has 1 aliphatic heterocycles. The second kappa shape index (κ2) is 9.34. The molecule has 1 N–H and O–H groups in total. The van der Waals surface area contributed by atoms with E-state index in [4.69, 9.17) is 0 Å². The van der Waals surface area contributed by atoms with Crippen molar-refractivity contribution in [3.05, 3.63) is 186 Å². The molecule has 0 fully saturated rings. The van der Waals surface area contributed by atoms with Crippen molar-refractivity contribution in [3.63, 3.8) is 0 Å². The van der Waals surface area contributed by atoms with Gasteiger partial charge < -0.3 is 10.2 Å². The third-order valence-corrected chi connectivity index (χ3v) is 9.68. The van der Waals surface area contributed by atoms with Crippen LogP contribution < -0.4 is 10.2 Å². The number of nitrogens with one attached hydrogen (secondary N) is 1. The Morgan fingerprint density at radius 2 is 1.21 bits per heavy atom. The first-order chi connectivity index (χ1) is 21.3. The first kappa shape index (κ1) is 24.3. The number of allylic oxidation sites excluding steroid dienone is 4. The molecule has 6 aromatic rings. The molecule has 0 saturated carbocycles. The van der Waals surface area contributed by atoms with Crippen LogP contribution in [0, 0.1) is 5.92 Å². The summed E-state index contributed by atoms with van der Waals surface area (Å²) in [5.74, 6) is 0.577. The van der Waals surface area contributed by atoms with Gasteiger partial charge in [-0.3, -0.25) is 0 Å². The van der Waals surface area contributed by atoms with E-state index in [9.17, 15) is 0 Å². The molecule has 0 aromatic heterocycles. The Hall–Kier alpha value is -5.34. The van der Waals surface area contributed by atoms with E-state index >= 15 is 0 Å². The lowest BCUT2D eigenvalue weighted by Crippen LogP contribution is -2.40. The SMILES string of the molecule is C1=CC2c3ccccc3C3(c4ccccc4N(c4cccc5ccccc45)c4ccc(Nc5ccccc5)cc43)C2C=C1. The van der Waals surface area contributed by atoms with Gasteiger partial charge in [-0.1, -0.05) is 121 Å². The summed E-state index contributed by atoms with van der Waals surface area (Å²) >= 11 is 0. The largest absolute Gasteiger partial charge is 0.356 e. The van der Waals surface area contributed by atoms with Gasteiger partial charge in [-0.25, -0.2) is 0 Å². The van der Waals surface area contributed by atoms with Crippen molar-refractivity contribution in [2.45, 2.75) is 11.3 Å². The number of anilines is 5. The number of rotatable bonds is 3. The number of hydrogen-bond donors (Lipinski definition) is 1. The summed E-state index contributed by atoms with van der Waals surface area (Å²) in [6.07, 6.45) is 9.34. The van der Waals surface area contributed by atoms with Gasteiger partial charge in [0, 0.05) is 28.6 Å². The molecule has 3 atom stereocenters. The van der Waals surface area contributed by atoms with Gasteiger partial charge in [0.2, 0.25) is 0 Å². The van der Waals surface area contributed by atoms with Crippen LogP contribution in [0.5, 0.6) is 0 Å². The second-order valence-corrected chi connectivity index (χ2v) is 11.8. The lowest BCUT2D eigenvalue weighted by molar-refractivity contribution is 0.454. The van der Waals surface area contributed by atoms with E-state index < -0.39 is 0 Å². The van der Waals surface area contributed by atoms with E-state index in [1.807, 2.05) is 0 Å². The van der Waals surface area contributed by atoms with Crippen molar-refractivity contribution >= 4 is 39.2 Å². The van der Waals surface area contributed by atoms with E-state index in [2.05, 4.69) is 174 Å². The summed E-state index contributed by atoms with van der Waals surface area (Å²) in [6.45, 7) is 0. The predicted molar refractivity (Wildman–Crippen MR) is 179 cm³/mol. The third-order valence-electron chi connectivity index (χ3n) is 9.68. The van der Waals surface area contributed by atoms with Crippen molar-refractivity contribution in [2.24, 2.45) is 5.92 Å². The van der Waals surface area contributed by atoms with Crippen LogP contribution in [0.1, 0.15) is 28.2 Å². The van der Waals surface area contributed by atoms with Crippen LogP contribution in [-0.2, 0) is 5.41 Å². The minimum absolute atomic E-state index is 0.261. The smallest absolute Gasteiger partial charge is 0.0567 e. The van der Waals surface area contributed by atoms with Crippen LogP contribution in [0.2, 0.25) is 0 Å². The van der Waals surface area contributed by atoms with Gasteiger partial charge in [0.25, 0.3) is 0 Å². The topological polar surface area (TPSA) is 15.3 Å². The molecule has 3 aliphatic rings. The Bertz CT molecular complexity index is 2080. The Kier molecular flexibility index (Phi) is 5.27. The number of hydrogen-bond acceptors (Lipinski definition) is 2. The number of nitrogens with zero attached hydrogens (tertiary/aromatic N) is 1. The van der Waals surface area contributed by atoms with Crippen LogP contribution in [0.3, 0.4) is 0 Å². The molecule has 0 radical (unpaired) electrons. The standard InChI is InChI=1S/C41H30N2/c1-2-15-29(16-3-1)42-30-25-26-40-37(27-30)41(34-20-8-6-18-32(34)33-19-7-9-21-35(33)41)36-22-10-11-23-39(36)43(40)38-24-12-14-28-13-4-5-17-31(28)38/h1-27,32,34,42H. The lowest BCUT2D eigenvalue weighted by atomic mass is 9.60. The van der Waals surface area contributed by atoms with Crippen LogP contribution in [0.15, 0.2) is 164 Å². The average Bonchev–Trinajstić information content (AvgIpc) is 3.37. The molecule has 1 spiro atoms. The number of benzene rings is 6. The van der Waals surface area contributed by atoms with Crippen molar-refractivity contribution in [1.82, 2.24) is 0 Å². The van der Waals surface area contributed by atoms with Gasteiger partial charge >= 0.3 is 0 Å². The van der Waals surface area contributed by atoms with Gasteiger partial charge in [0.1, 0.15) is 0 Å². The molecule has 6 aromatic carbocycles. The van der Waals surface area contributed by atoms with E-state index in [0.717, 1.165) is 11.4 Å². The predicted octanol–water partition coefficient (Wildman–Crippen LogP) is 10.5. The number of para-hydroxylation sites is 2. The van der Waals surface area contributed by atoms with Gasteiger partial charge in [-0.2, -0.15) is 0 Å². The Balaban J connectivity index is 1.38. The minimum atomic E-state index is -0.343. The zero-order valence-corrected chi connectivity index (χ0v) is 23.7. The van der Waals surface area contributed by atoms with Crippen LogP contribution in [-0.4, -0.2) is 0 Å². The Morgan fingerprint density at radius 1 is 0.512 bits per heavy atom. The molecule has 9 rings (SSSR count). The molecular weight excluding hydrogens is 520 g/mol. The normalized spacial score (nSPS) is 20.9. The van der Waals surface area contributed by atoms with Gasteiger partial charge in [-0.15, -0.1) is 0 Å². The van der Waals surface area contributed by atoms with Crippen molar-refractivity contribution in [1.29, 1.82) is 0 Å². The zero-order valence-electron chi connectivity index (χ0n) is 23.7. The molecule has 43 heavy (non-hydrogen) atoms. The Morgan fingerprint density at radius 3 is 2.14 bits per heavy atom. The highest BCUT2D eigenvalue weighted by atomic mass is 15.2. The molecule has 0 saturated heterocycles. The number of fused-ring (bicyclic) bond motifs is 10. The first-order valence-electron chi connectivity index (χ1n) is 15.1. The maximum atomic E-state index is 3.71. The maximum absolute atomic E-state index is 3.71. The summed E-state index contributed by atoms with van der Waals surface area (Å²) in [5.41, 5.74) is 11.0. The molecule has 1 heterocycles. The molecule has 2 heteroatoms. The van der Waals surface area contributed by atoms with Crippen molar-refractivity contribution < 1.29 is 0 Å². The van der Waals surface area contributed by atoms with E-state index in [0.29, 0.717) is 5.92 Å². The van der Waals surface area contributed by atoms with Crippen LogP contribution in [0.4, 0.5) is 28.4 Å². The fourth-order valence-corrected chi connectivity index (χ4v) is 8.05. The van der Waals surface area contributed by atoms with Gasteiger partial charge in [-0.05, 0) is 70.1 Å². The second-order valence-electron chi connectivity index (χ2n) is 11.8. The van der Waals surface area contributed by atoms with Crippen LogP contribution in [0.25, 0.3) is 10.8 Å². The highest BCUT2D eigenvalue weighted by Crippen LogP contribution is 2.66. The van der Waals surface area contributed by atoms with Crippen molar-refractivity contribution in [2.75, 3.05) is 10.2 Å². The van der Waals surface area contributed by atoms with Gasteiger partial charge in [0.15, 0.2) is 0 Å². The van der Waals surface area contributed by atoms with Gasteiger partial charge in [0.05, 0.1) is 22.5 Å². The average molecular weight is 551 g/mol. The monoisotopic (exact) mass is 550 g/mol. The minimum Gasteiger partial charge on any atom is -0.356 e.